The van der Waals surface area contributed by atoms with Crippen molar-refractivity contribution in [2.75, 3.05) is 19.7 Å². The lowest BCUT2D eigenvalue weighted by Crippen LogP contribution is -2.48. The number of phenols is 1. The van der Waals surface area contributed by atoms with Crippen LogP contribution in [0, 0.1) is 6.92 Å². The fraction of sp³-hybridized carbons (Fsp3) is 0.385. The zero-order chi connectivity index (χ0) is 14.0. The van der Waals surface area contributed by atoms with Gasteiger partial charge in [-0.15, -0.1) is 0 Å². The molecule has 1 unspecified atom stereocenters. The monoisotopic (exact) mass is 265 g/mol. The SMILES string of the molecule is Cc1cc(C(=O)N2CCOC(C(=O)O)C2)ccc1O. The van der Waals surface area contributed by atoms with Gasteiger partial charge in [0.15, 0.2) is 6.10 Å². The Morgan fingerprint density at radius 1 is 1.42 bits per heavy atom. The van der Waals surface area contributed by atoms with Gasteiger partial charge >= 0.3 is 5.97 Å². The van der Waals surface area contributed by atoms with Crippen LogP contribution in [0.15, 0.2) is 18.2 Å². The largest absolute Gasteiger partial charge is 0.508 e. The Balaban J connectivity index is 2.14. The number of carboxylic acid groups (broad SMARTS) is 1. The van der Waals surface area contributed by atoms with Crippen LogP contribution >= 0.6 is 0 Å². The van der Waals surface area contributed by atoms with Gasteiger partial charge in [-0.25, -0.2) is 4.79 Å². The van der Waals surface area contributed by atoms with E-state index in [0.29, 0.717) is 17.7 Å². The average molecular weight is 265 g/mol. The van der Waals surface area contributed by atoms with Crippen LogP contribution in [0.25, 0.3) is 0 Å². The van der Waals surface area contributed by atoms with Gasteiger partial charge in [0.1, 0.15) is 5.75 Å². The first-order chi connectivity index (χ1) is 8.99. The summed E-state index contributed by atoms with van der Waals surface area (Å²) in [6.07, 6.45) is -0.976. The molecule has 102 valence electrons. The molecule has 0 aliphatic carbocycles. The summed E-state index contributed by atoms with van der Waals surface area (Å²) in [6, 6.07) is 4.57. The Kier molecular flexibility index (Phi) is 3.71. The van der Waals surface area contributed by atoms with E-state index in [0.717, 1.165) is 0 Å². The van der Waals surface area contributed by atoms with Gasteiger partial charge in [0.05, 0.1) is 13.2 Å². The molecular formula is C13H15NO5. The molecular weight excluding hydrogens is 250 g/mol. The quantitative estimate of drug-likeness (QED) is 0.818. The van der Waals surface area contributed by atoms with Crippen LogP contribution in [0.2, 0.25) is 0 Å². The van der Waals surface area contributed by atoms with Gasteiger partial charge in [-0.3, -0.25) is 4.79 Å². The van der Waals surface area contributed by atoms with Gasteiger partial charge in [0, 0.05) is 12.1 Å². The van der Waals surface area contributed by atoms with Crippen LogP contribution in [0.1, 0.15) is 15.9 Å². The predicted molar refractivity (Wildman–Crippen MR) is 66.1 cm³/mol. The number of ether oxygens (including phenoxy) is 1. The standard InChI is InChI=1S/C13H15NO5/c1-8-6-9(2-3-10(8)15)12(16)14-4-5-19-11(7-14)13(17)18/h2-3,6,11,15H,4-5,7H2,1H3,(H,17,18). The molecule has 1 amide bonds. The molecule has 0 saturated carbocycles. The first-order valence-electron chi connectivity index (χ1n) is 5.92. The molecule has 1 aromatic carbocycles. The van der Waals surface area contributed by atoms with E-state index < -0.39 is 12.1 Å². The lowest BCUT2D eigenvalue weighted by molar-refractivity contribution is -0.154. The number of rotatable bonds is 2. The number of amides is 1. The van der Waals surface area contributed by atoms with Crippen molar-refractivity contribution in [1.82, 2.24) is 4.90 Å². The van der Waals surface area contributed by atoms with Crippen LogP contribution in [0.5, 0.6) is 5.75 Å². The second kappa shape index (κ2) is 5.27. The van der Waals surface area contributed by atoms with Crippen molar-refractivity contribution in [2.24, 2.45) is 0 Å². The minimum Gasteiger partial charge on any atom is -0.508 e. The molecule has 1 fully saturated rings. The topological polar surface area (TPSA) is 87.1 Å². The van der Waals surface area contributed by atoms with Crippen LogP contribution in [0.4, 0.5) is 0 Å². The van der Waals surface area contributed by atoms with E-state index in [4.69, 9.17) is 9.84 Å². The van der Waals surface area contributed by atoms with Gasteiger partial charge in [0.25, 0.3) is 5.91 Å². The van der Waals surface area contributed by atoms with E-state index in [9.17, 15) is 14.7 Å². The summed E-state index contributed by atoms with van der Waals surface area (Å²) < 4.78 is 5.07. The molecule has 0 aromatic heterocycles. The van der Waals surface area contributed by atoms with Crippen molar-refractivity contribution in [3.63, 3.8) is 0 Å². The van der Waals surface area contributed by atoms with E-state index in [-0.39, 0.29) is 24.8 Å². The summed E-state index contributed by atoms with van der Waals surface area (Å²) in [6.45, 7) is 2.31. The number of benzene rings is 1. The number of phenolic OH excluding ortho intramolecular Hbond substituents is 1. The summed E-state index contributed by atoms with van der Waals surface area (Å²) in [5, 5.41) is 18.3. The molecule has 1 atom stereocenters. The molecule has 0 spiro atoms. The number of nitrogens with zero attached hydrogens (tertiary/aromatic N) is 1. The van der Waals surface area contributed by atoms with Crippen molar-refractivity contribution in [3.8, 4) is 5.75 Å². The van der Waals surface area contributed by atoms with Crippen molar-refractivity contribution in [3.05, 3.63) is 29.3 Å². The normalized spacial score (nSPS) is 19.2. The minimum absolute atomic E-state index is 0.0358. The van der Waals surface area contributed by atoms with Crippen molar-refractivity contribution in [2.45, 2.75) is 13.0 Å². The third-order valence-corrected chi connectivity index (χ3v) is 3.07. The fourth-order valence-corrected chi connectivity index (χ4v) is 1.95. The molecule has 19 heavy (non-hydrogen) atoms. The van der Waals surface area contributed by atoms with Crippen LogP contribution in [-0.4, -0.2) is 52.8 Å². The predicted octanol–water partition coefficient (Wildman–Crippen LogP) is 0.626. The summed E-state index contributed by atoms with van der Waals surface area (Å²) >= 11 is 0. The van der Waals surface area contributed by atoms with E-state index in [1.165, 1.54) is 17.0 Å². The van der Waals surface area contributed by atoms with E-state index in [1.807, 2.05) is 0 Å². The highest BCUT2D eigenvalue weighted by atomic mass is 16.5. The fourth-order valence-electron chi connectivity index (χ4n) is 1.95. The molecule has 1 aliphatic heterocycles. The molecule has 0 radical (unpaired) electrons. The Morgan fingerprint density at radius 2 is 2.16 bits per heavy atom. The Bertz CT molecular complexity index is 514. The van der Waals surface area contributed by atoms with E-state index in [1.54, 1.807) is 13.0 Å². The number of aryl methyl sites for hydroxylation is 1. The maximum Gasteiger partial charge on any atom is 0.334 e. The molecule has 1 aliphatic rings. The maximum absolute atomic E-state index is 12.2. The summed E-state index contributed by atoms with van der Waals surface area (Å²) in [7, 11) is 0. The Morgan fingerprint density at radius 3 is 2.79 bits per heavy atom. The summed E-state index contributed by atoms with van der Waals surface area (Å²) in [5.41, 5.74) is 1.04. The van der Waals surface area contributed by atoms with Gasteiger partial charge < -0.3 is 19.8 Å². The number of aromatic hydroxyl groups is 1. The van der Waals surface area contributed by atoms with Crippen LogP contribution < -0.4 is 0 Å². The molecule has 2 N–H and O–H groups in total. The van der Waals surface area contributed by atoms with E-state index >= 15 is 0 Å². The number of hydrogen-bond donors (Lipinski definition) is 2. The number of morpholine rings is 1. The molecule has 0 bridgehead atoms. The lowest BCUT2D eigenvalue weighted by atomic mass is 10.1. The molecule has 6 nitrogen and oxygen atoms in total. The van der Waals surface area contributed by atoms with Gasteiger partial charge in [0.2, 0.25) is 0 Å². The molecule has 6 heteroatoms. The van der Waals surface area contributed by atoms with Gasteiger partial charge in [-0.2, -0.15) is 0 Å². The molecule has 2 rings (SSSR count). The second-order valence-corrected chi connectivity index (χ2v) is 4.45. The Hall–Kier alpha value is -2.08. The van der Waals surface area contributed by atoms with Crippen LogP contribution in [0.3, 0.4) is 0 Å². The number of aliphatic carboxylic acids is 1. The van der Waals surface area contributed by atoms with Gasteiger partial charge in [-0.1, -0.05) is 0 Å². The number of hydrogen-bond acceptors (Lipinski definition) is 4. The minimum atomic E-state index is -1.07. The molecule has 1 saturated heterocycles. The second-order valence-electron chi connectivity index (χ2n) is 4.45. The molecule has 1 aromatic rings. The molecule has 1 heterocycles. The maximum atomic E-state index is 12.2. The van der Waals surface area contributed by atoms with Crippen LogP contribution in [-0.2, 0) is 9.53 Å². The van der Waals surface area contributed by atoms with Crippen molar-refractivity contribution < 1.29 is 24.5 Å². The first-order valence-corrected chi connectivity index (χ1v) is 5.92. The number of carboxylic acids is 1. The third-order valence-electron chi connectivity index (χ3n) is 3.07. The smallest absolute Gasteiger partial charge is 0.334 e. The number of carbonyl (C=O) groups excluding carboxylic acids is 1. The van der Waals surface area contributed by atoms with Crippen molar-refractivity contribution in [1.29, 1.82) is 0 Å². The van der Waals surface area contributed by atoms with E-state index in [2.05, 4.69) is 0 Å². The average Bonchev–Trinajstić information content (AvgIpc) is 2.41. The first kappa shape index (κ1) is 13.4. The zero-order valence-electron chi connectivity index (χ0n) is 10.5. The van der Waals surface area contributed by atoms with Crippen molar-refractivity contribution >= 4 is 11.9 Å². The summed E-state index contributed by atoms with van der Waals surface area (Å²) in [5.74, 6) is -1.20. The third kappa shape index (κ3) is 2.85. The highest BCUT2D eigenvalue weighted by Gasteiger charge is 2.29. The zero-order valence-corrected chi connectivity index (χ0v) is 10.5. The lowest BCUT2D eigenvalue weighted by Gasteiger charge is -2.31. The Labute approximate surface area is 110 Å². The van der Waals surface area contributed by atoms with Gasteiger partial charge in [-0.05, 0) is 30.7 Å². The summed E-state index contributed by atoms with van der Waals surface area (Å²) in [4.78, 5) is 24.5. The highest BCUT2D eigenvalue weighted by molar-refractivity contribution is 5.95. The number of carbonyl (C=O) groups is 2. The highest BCUT2D eigenvalue weighted by Crippen LogP contribution is 2.19.